The molecule has 1 heterocycles. The summed E-state index contributed by atoms with van der Waals surface area (Å²) in [5, 5.41) is 1.19. The molecule has 0 aliphatic rings. The average Bonchev–Trinajstić information content (AvgIpc) is 2.53. The van der Waals surface area contributed by atoms with Gasteiger partial charge in [0.2, 0.25) is 0 Å². The van der Waals surface area contributed by atoms with Crippen LogP contribution in [0.5, 0.6) is 0 Å². The molecule has 0 bridgehead atoms. The quantitative estimate of drug-likeness (QED) is 0.718. The Bertz CT molecular complexity index is 753. The Morgan fingerprint density at radius 1 is 1.10 bits per heavy atom. The van der Waals surface area contributed by atoms with Crippen molar-refractivity contribution < 1.29 is 0 Å². The van der Waals surface area contributed by atoms with Crippen molar-refractivity contribution >= 4 is 22.7 Å². The molecule has 3 heteroatoms. The second-order valence-corrected chi connectivity index (χ2v) is 6.23. The van der Waals surface area contributed by atoms with Crippen LogP contribution in [-0.2, 0) is 5.75 Å². The molecule has 0 amide bonds. The van der Waals surface area contributed by atoms with E-state index in [1.165, 1.54) is 21.4 Å². The fraction of sp³-hybridized carbons (Fsp3) is 0.167. The largest absolute Gasteiger partial charge is 0.324 e. The first-order valence-electron chi connectivity index (χ1n) is 7.04. The molecule has 0 fully saturated rings. The Hall–Kier alpha value is -1.84. The topological polar surface area (TPSA) is 38.9 Å². The van der Waals surface area contributed by atoms with E-state index in [4.69, 9.17) is 5.73 Å². The van der Waals surface area contributed by atoms with Gasteiger partial charge >= 0.3 is 0 Å². The van der Waals surface area contributed by atoms with Crippen molar-refractivity contribution in [1.29, 1.82) is 0 Å². The van der Waals surface area contributed by atoms with Crippen LogP contribution in [0.15, 0.2) is 65.7 Å². The smallest absolute Gasteiger partial charge is 0.0702 e. The highest BCUT2D eigenvalue weighted by Crippen LogP contribution is 2.26. The molecule has 1 unspecified atom stereocenters. The van der Waals surface area contributed by atoms with Gasteiger partial charge < -0.3 is 5.73 Å². The van der Waals surface area contributed by atoms with Gasteiger partial charge in [-0.05, 0) is 48.4 Å². The van der Waals surface area contributed by atoms with Crippen LogP contribution in [0.1, 0.15) is 24.1 Å². The normalized spacial score (nSPS) is 12.5. The number of hydrogen-bond donors (Lipinski definition) is 1. The maximum Gasteiger partial charge on any atom is 0.0702 e. The molecule has 2 aromatic carbocycles. The third-order valence-corrected chi connectivity index (χ3v) is 4.52. The summed E-state index contributed by atoms with van der Waals surface area (Å²) in [7, 11) is 0. The Kier molecular flexibility index (Phi) is 4.23. The number of aromatic nitrogens is 1. The molecular weight excluding hydrogens is 276 g/mol. The first kappa shape index (κ1) is 14.1. The number of nitrogens with zero attached hydrogens (tertiary/aromatic N) is 1. The third kappa shape index (κ3) is 3.43. The van der Waals surface area contributed by atoms with E-state index in [0.29, 0.717) is 0 Å². The summed E-state index contributed by atoms with van der Waals surface area (Å²) in [6.45, 7) is 2.01. The molecule has 1 atom stereocenters. The first-order chi connectivity index (χ1) is 10.2. The van der Waals surface area contributed by atoms with E-state index in [0.717, 1.165) is 11.3 Å². The van der Waals surface area contributed by atoms with Gasteiger partial charge in [0.25, 0.3) is 0 Å². The van der Waals surface area contributed by atoms with Crippen LogP contribution >= 0.6 is 11.8 Å². The molecule has 0 saturated carbocycles. The van der Waals surface area contributed by atoms with Crippen molar-refractivity contribution in [2.45, 2.75) is 23.6 Å². The predicted octanol–water partition coefficient (Wildman–Crippen LogP) is 4.55. The first-order valence-corrected chi connectivity index (χ1v) is 8.03. The maximum absolute atomic E-state index is 5.94. The zero-order chi connectivity index (χ0) is 14.7. The number of benzene rings is 2. The molecule has 2 nitrogen and oxygen atoms in total. The van der Waals surface area contributed by atoms with Crippen molar-refractivity contribution in [2.24, 2.45) is 5.73 Å². The van der Waals surface area contributed by atoms with E-state index in [9.17, 15) is 0 Å². The van der Waals surface area contributed by atoms with E-state index < -0.39 is 0 Å². The van der Waals surface area contributed by atoms with Crippen molar-refractivity contribution in [3.05, 3.63) is 71.9 Å². The molecule has 0 spiro atoms. The molecule has 0 aliphatic carbocycles. The number of hydrogen-bond acceptors (Lipinski definition) is 3. The van der Waals surface area contributed by atoms with Gasteiger partial charge in [-0.15, -0.1) is 11.8 Å². The summed E-state index contributed by atoms with van der Waals surface area (Å²) < 4.78 is 0. The third-order valence-electron chi connectivity index (χ3n) is 3.46. The van der Waals surface area contributed by atoms with Crippen LogP contribution in [0.3, 0.4) is 0 Å². The zero-order valence-corrected chi connectivity index (χ0v) is 12.8. The van der Waals surface area contributed by atoms with Gasteiger partial charge in [0, 0.05) is 28.3 Å². The van der Waals surface area contributed by atoms with Gasteiger partial charge in [0.1, 0.15) is 0 Å². The van der Waals surface area contributed by atoms with Crippen LogP contribution in [0, 0.1) is 0 Å². The minimum atomic E-state index is 0.0808. The van der Waals surface area contributed by atoms with E-state index in [1.807, 2.05) is 30.9 Å². The van der Waals surface area contributed by atoms with E-state index >= 15 is 0 Å². The molecule has 3 aromatic rings. The molecule has 1 aromatic heterocycles. The number of nitrogens with two attached hydrogens (primary N) is 1. The zero-order valence-electron chi connectivity index (χ0n) is 12.0. The summed E-state index contributed by atoms with van der Waals surface area (Å²) in [6, 6.07) is 19.1. The highest BCUT2D eigenvalue weighted by molar-refractivity contribution is 7.98. The standard InChI is InChI=1S/C18H18N2S/c1-13(19)15-4-2-6-17(11-15)21-12-14-7-8-18-16(10-14)5-3-9-20-18/h2-11,13H,12,19H2,1H3. The number of thioether (sulfide) groups is 1. The van der Waals surface area contributed by atoms with E-state index in [-0.39, 0.29) is 6.04 Å². The Balaban J connectivity index is 1.75. The average molecular weight is 294 g/mol. The molecule has 2 N–H and O–H groups in total. The monoisotopic (exact) mass is 294 g/mol. The fourth-order valence-electron chi connectivity index (χ4n) is 2.27. The summed E-state index contributed by atoms with van der Waals surface area (Å²) in [5.41, 5.74) is 9.48. The van der Waals surface area contributed by atoms with Crippen molar-refractivity contribution in [3.8, 4) is 0 Å². The van der Waals surface area contributed by atoms with Crippen LogP contribution < -0.4 is 5.73 Å². The van der Waals surface area contributed by atoms with E-state index in [2.05, 4.69) is 53.5 Å². The van der Waals surface area contributed by atoms with Crippen molar-refractivity contribution in [2.75, 3.05) is 0 Å². The minimum absolute atomic E-state index is 0.0808. The van der Waals surface area contributed by atoms with Crippen LogP contribution in [-0.4, -0.2) is 4.98 Å². The molecule has 3 rings (SSSR count). The highest BCUT2D eigenvalue weighted by Gasteiger charge is 2.02. The minimum Gasteiger partial charge on any atom is -0.324 e. The molecule has 21 heavy (non-hydrogen) atoms. The Labute approximate surface area is 129 Å². The highest BCUT2D eigenvalue weighted by atomic mass is 32.2. The van der Waals surface area contributed by atoms with Gasteiger partial charge in [-0.3, -0.25) is 4.98 Å². The Morgan fingerprint density at radius 2 is 2.00 bits per heavy atom. The second-order valence-electron chi connectivity index (χ2n) is 5.18. The SMILES string of the molecule is CC(N)c1cccc(SCc2ccc3ncccc3c2)c1. The molecular formula is C18H18N2S. The lowest BCUT2D eigenvalue weighted by Gasteiger charge is -2.08. The number of pyridine rings is 1. The lowest BCUT2D eigenvalue weighted by Crippen LogP contribution is -2.04. The fourth-order valence-corrected chi connectivity index (χ4v) is 3.18. The van der Waals surface area contributed by atoms with Gasteiger partial charge in [-0.25, -0.2) is 0 Å². The number of fused-ring (bicyclic) bond motifs is 1. The molecule has 0 aliphatic heterocycles. The van der Waals surface area contributed by atoms with Crippen LogP contribution in [0.25, 0.3) is 10.9 Å². The number of rotatable bonds is 4. The van der Waals surface area contributed by atoms with Gasteiger partial charge in [-0.1, -0.05) is 24.3 Å². The summed E-state index contributed by atoms with van der Waals surface area (Å²) in [5.74, 6) is 0.952. The summed E-state index contributed by atoms with van der Waals surface area (Å²) in [4.78, 5) is 5.61. The second kappa shape index (κ2) is 6.29. The van der Waals surface area contributed by atoms with Crippen molar-refractivity contribution in [3.63, 3.8) is 0 Å². The van der Waals surface area contributed by atoms with E-state index in [1.54, 1.807) is 0 Å². The molecule has 0 radical (unpaired) electrons. The molecule has 0 saturated heterocycles. The summed E-state index contributed by atoms with van der Waals surface area (Å²) in [6.07, 6.45) is 1.83. The van der Waals surface area contributed by atoms with Gasteiger partial charge in [-0.2, -0.15) is 0 Å². The van der Waals surface area contributed by atoms with Gasteiger partial charge in [0.15, 0.2) is 0 Å². The van der Waals surface area contributed by atoms with Gasteiger partial charge in [0.05, 0.1) is 5.52 Å². The predicted molar refractivity (Wildman–Crippen MR) is 90.3 cm³/mol. The van der Waals surface area contributed by atoms with Crippen molar-refractivity contribution in [1.82, 2.24) is 4.98 Å². The summed E-state index contributed by atoms with van der Waals surface area (Å²) >= 11 is 1.84. The van der Waals surface area contributed by atoms with Crippen LogP contribution in [0.2, 0.25) is 0 Å². The maximum atomic E-state index is 5.94. The lowest BCUT2D eigenvalue weighted by molar-refractivity contribution is 0.815. The Morgan fingerprint density at radius 3 is 2.86 bits per heavy atom. The molecule has 106 valence electrons. The lowest BCUT2D eigenvalue weighted by atomic mass is 10.1. The van der Waals surface area contributed by atoms with Crippen LogP contribution in [0.4, 0.5) is 0 Å².